The molecule has 0 saturated carbocycles. The Hall–Kier alpha value is -1.92. The summed E-state index contributed by atoms with van der Waals surface area (Å²) in [5.41, 5.74) is 1.25. The number of carbonyl (C=O) groups is 1. The van der Waals surface area contributed by atoms with Crippen molar-refractivity contribution in [2.75, 3.05) is 31.9 Å². The molecule has 1 aliphatic rings. The van der Waals surface area contributed by atoms with Crippen LogP contribution in [-0.4, -0.2) is 52.6 Å². The summed E-state index contributed by atoms with van der Waals surface area (Å²) < 4.78 is 12.9. The molecule has 0 atom stereocenters. The monoisotopic (exact) mass is 345 g/mol. The third-order valence-corrected chi connectivity index (χ3v) is 5.05. The largest absolute Gasteiger partial charge is 0.339 e. The van der Waals surface area contributed by atoms with Crippen LogP contribution >= 0.6 is 11.8 Å². The van der Waals surface area contributed by atoms with Gasteiger partial charge in [0.1, 0.15) is 5.82 Å². The molecule has 4 nitrogen and oxygen atoms in total. The predicted octanol–water partition coefficient (Wildman–Crippen LogP) is 2.66. The Morgan fingerprint density at radius 2 is 1.71 bits per heavy atom. The molecule has 3 rings (SSSR count). The molecule has 1 amide bonds. The molecule has 1 saturated heterocycles. The zero-order valence-electron chi connectivity index (χ0n) is 13.4. The van der Waals surface area contributed by atoms with Crippen molar-refractivity contribution >= 4 is 17.7 Å². The highest BCUT2D eigenvalue weighted by molar-refractivity contribution is 8.00. The standard InChI is InChI=1S/C18H20FN3OS/c19-16-1-3-17(4-2-16)24-14-18(23)22-11-9-21(10-12-22)13-15-5-7-20-8-6-15/h1-8H,9-14H2. The third kappa shape index (κ3) is 4.79. The Balaban J connectivity index is 1.42. The molecule has 24 heavy (non-hydrogen) atoms. The predicted molar refractivity (Wildman–Crippen MR) is 93.2 cm³/mol. The van der Waals surface area contributed by atoms with E-state index in [0.29, 0.717) is 5.75 Å². The summed E-state index contributed by atoms with van der Waals surface area (Å²) in [7, 11) is 0. The van der Waals surface area contributed by atoms with Crippen molar-refractivity contribution in [3.05, 3.63) is 60.2 Å². The summed E-state index contributed by atoms with van der Waals surface area (Å²) in [5.74, 6) is 0.291. The van der Waals surface area contributed by atoms with Gasteiger partial charge < -0.3 is 4.90 Å². The van der Waals surface area contributed by atoms with E-state index in [1.54, 1.807) is 12.1 Å². The topological polar surface area (TPSA) is 36.4 Å². The van der Waals surface area contributed by atoms with Crippen LogP contribution < -0.4 is 0 Å². The van der Waals surface area contributed by atoms with Crippen LogP contribution in [0.25, 0.3) is 0 Å². The Kier molecular flexibility index (Phi) is 5.82. The van der Waals surface area contributed by atoms with E-state index in [9.17, 15) is 9.18 Å². The van der Waals surface area contributed by atoms with Gasteiger partial charge in [0.2, 0.25) is 5.91 Å². The first-order valence-corrected chi connectivity index (χ1v) is 8.97. The molecule has 0 spiro atoms. The van der Waals surface area contributed by atoms with E-state index in [0.717, 1.165) is 37.6 Å². The summed E-state index contributed by atoms with van der Waals surface area (Å²) in [4.78, 5) is 21.5. The van der Waals surface area contributed by atoms with Crippen LogP contribution in [0.2, 0.25) is 0 Å². The second-order valence-electron chi connectivity index (χ2n) is 5.75. The van der Waals surface area contributed by atoms with Gasteiger partial charge in [-0.15, -0.1) is 11.8 Å². The van der Waals surface area contributed by atoms with E-state index in [2.05, 4.69) is 9.88 Å². The highest BCUT2D eigenvalue weighted by Gasteiger charge is 2.21. The number of benzene rings is 1. The van der Waals surface area contributed by atoms with E-state index in [-0.39, 0.29) is 11.7 Å². The number of pyridine rings is 1. The molecule has 1 aromatic heterocycles. The molecule has 1 aliphatic heterocycles. The number of nitrogens with zero attached hydrogens (tertiary/aromatic N) is 3. The van der Waals surface area contributed by atoms with Crippen molar-refractivity contribution in [2.45, 2.75) is 11.4 Å². The summed E-state index contributed by atoms with van der Waals surface area (Å²) in [5, 5.41) is 0. The average Bonchev–Trinajstić information content (AvgIpc) is 2.62. The average molecular weight is 345 g/mol. The van der Waals surface area contributed by atoms with Gasteiger partial charge in [0.15, 0.2) is 0 Å². The smallest absolute Gasteiger partial charge is 0.233 e. The zero-order valence-corrected chi connectivity index (χ0v) is 14.2. The summed E-state index contributed by atoms with van der Waals surface area (Å²) in [6, 6.07) is 10.3. The molecule has 0 aliphatic carbocycles. The number of hydrogen-bond acceptors (Lipinski definition) is 4. The van der Waals surface area contributed by atoms with Crippen LogP contribution in [0.1, 0.15) is 5.56 Å². The lowest BCUT2D eigenvalue weighted by atomic mass is 10.2. The molecule has 2 aromatic rings. The first-order valence-electron chi connectivity index (χ1n) is 7.98. The van der Waals surface area contributed by atoms with Gasteiger partial charge in [-0.1, -0.05) is 0 Å². The first kappa shape index (κ1) is 16.9. The van der Waals surface area contributed by atoms with E-state index >= 15 is 0 Å². The van der Waals surface area contributed by atoms with Gasteiger partial charge in [-0.05, 0) is 42.0 Å². The van der Waals surface area contributed by atoms with Crippen LogP contribution in [-0.2, 0) is 11.3 Å². The van der Waals surface area contributed by atoms with E-state index in [1.165, 1.54) is 29.5 Å². The van der Waals surface area contributed by atoms with Gasteiger partial charge in [-0.25, -0.2) is 4.39 Å². The summed E-state index contributed by atoms with van der Waals surface area (Å²) in [6.07, 6.45) is 3.61. The van der Waals surface area contributed by atoms with E-state index < -0.39 is 0 Å². The maximum absolute atomic E-state index is 12.9. The maximum atomic E-state index is 12.9. The Morgan fingerprint density at radius 3 is 2.38 bits per heavy atom. The van der Waals surface area contributed by atoms with Gasteiger partial charge >= 0.3 is 0 Å². The molecule has 2 heterocycles. The quantitative estimate of drug-likeness (QED) is 0.781. The molecule has 0 bridgehead atoms. The molecule has 0 unspecified atom stereocenters. The van der Waals surface area contributed by atoms with Crippen molar-refractivity contribution < 1.29 is 9.18 Å². The molecule has 6 heteroatoms. The van der Waals surface area contributed by atoms with Crippen LogP contribution in [0.5, 0.6) is 0 Å². The molecule has 126 valence electrons. The number of carbonyl (C=O) groups excluding carboxylic acids is 1. The summed E-state index contributed by atoms with van der Waals surface area (Å²) in [6.45, 7) is 4.18. The van der Waals surface area contributed by atoms with E-state index in [4.69, 9.17) is 0 Å². The Morgan fingerprint density at radius 1 is 1.04 bits per heavy atom. The first-order chi connectivity index (χ1) is 11.7. The van der Waals surface area contributed by atoms with Crippen LogP contribution in [0.4, 0.5) is 4.39 Å². The molecule has 1 aromatic carbocycles. The highest BCUT2D eigenvalue weighted by atomic mass is 32.2. The van der Waals surface area contributed by atoms with Crippen LogP contribution in [0.15, 0.2) is 53.7 Å². The van der Waals surface area contributed by atoms with Crippen molar-refractivity contribution in [1.29, 1.82) is 0 Å². The minimum absolute atomic E-state index is 0.146. The van der Waals surface area contributed by atoms with Crippen LogP contribution in [0.3, 0.4) is 0 Å². The second kappa shape index (κ2) is 8.26. The fourth-order valence-corrected chi connectivity index (χ4v) is 3.47. The minimum Gasteiger partial charge on any atom is -0.339 e. The van der Waals surface area contributed by atoms with Gasteiger partial charge in [0, 0.05) is 50.0 Å². The van der Waals surface area contributed by atoms with Gasteiger partial charge in [-0.2, -0.15) is 0 Å². The van der Waals surface area contributed by atoms with Crippen LogP contribution in [0, 0.1) is 5.82 Å². The number of aromatic nitrogens is 1. The molecule has 0 radical (unpaired) electrons. The number of piperazine rings is 1. The fraction of sp³-hybridized carbons (Fsp3) is 0.333. The second-order valence-corrected chi connectivity index (χ2v) is 6.80. The molecule has 1 fully saturated rings. The minimum atomic E-state index is -0.254. The Labute approximate surface area is 145 Å². The maximum Gasteiger partial charge on any atom is 0.233 e. The normalized spacial score (nSPS) is 15.5. The number of thioether (sulfide) groups is 1. The lowest BCUT2D eigenvalue weighted by Gasteiger charge is -2.34. The highest BCUT2D eigenvalue weighted by Crippen LogP contribution is 2.19. The van der Waals surface area contributed by atoms with Crippen molar-refractivity contribution in [2.24, 2.45) is 0 Å². The lowest BCUT2D eigenvalue weighted by Crippen LogP contribution is -2.48. The van der Waals surface area contributed by atoms with Gasteiger partial charge in [0.05, 0.1) is 5.75 Å². The van der Waals surface area contributed by atoms with Crippen molar-refractivity contribution in [3.8, 4) is 0 Å². The molecular formula is C18H20FN3OS. The summed E-state index contributed by atoms with van der Waals surface area (Å²) >= 11 is 1.46. The number of amides is 1. The third-order valence-electron chi connectivity index (χ3n) is 4.06. The Bertz CT molecular complexity index is 658. The van der Waals surface area contributed by atoms with E-state index in [1.807, 2.05) is 29.4 Å². The SMILES string of the molecule is O=C(CSc1ccc(F)cc1)N1CCN(Cc2ccncc2)CC1. The zero-order chi connectivity index (χ0) is 16.8. The number of rotatable bonds is 5. The fourth-order valence-electron chi connectivity index (χ4n) is 2.67. The number of halogens is 1. The van der Waals surface area contributed by atoms with Crippen molar-refractivity contribution in [1.82, 2.24) is 14.8 Å². The molecular weight excluding hydrogens is 325 g/mol. The number of hydrogen-bond donors (Lipinski definition) is 0. The van der Waals surface area contributed by atoms with Gasteiger partial charge in [0.25, 0.3) is 0 Å². The lowest BCUT2D eigenvalue weighted by molar-refractivity contribution is -0.130. The van der Waals surface area contributed by atoms with Gasteiger partial charge in [-0.3, -0.25) is 14.7 Å². The van der Waals surface area contributed by atoms with Crippen molar-refractivity contribution in [3.63, 3.8) is 0 Å². The molecule has 0 N–H and O–H groups in total.